The standard InChI is InChI=1S/C24H27NO5/c1-2-14-29-18-12-10-16(11-13-18)22(26)20-21(19-9-6-15-30-19)25(24(28)23(20)27)17-7-4-3-5-8-17/h6,9-13,15,17,21,26H,2-5,7-8,14H2,1H3/b22-20-. The number of likely N-dealkylation sites (tertiary alicyclic amines) is 1. The van der Waals surface area contributed by atoms with E-state index in [1.807, 2.05) is 6.92 Å². The minimum absolute atomic E-state index is 0.0274. The zero-order chi connectivity index (χ0) is 21.1. The highest BCUT2D eigenvalue weighted by molar-refractivity contribution is 6.46. The van der Waals surface area contributed by atoms with Crippen molar-refractivity contribution in [1.29, 1.82) is 0 Å². The number of carbonyl (C=O) groups is 2. The largest absolute Gasteiger partial charge is 0.507 e. The second-order valence-corrected chi connectivity index (χ2v) is 7.89. The molecule has 2 heterocycles. The summed E-state index contributed by atoms with van der Waals surface area (Å²) in [6.45, 7) is 2.64. The summed E-state index contributed by atoms with van der Waals surface area (Å²) in [6, 6.07) is 9.66. The second-order valence-electron chi connectivity index (χ2n) is 7.89. The molecular formula is C24H27NO5. The van der Waals surface area contributed by atoms with Gasteiger partial charge in [0.15, 0.2) is 0 Å². The van der Waals surface area contributed by atoms with E-state index in [0.29, 0.717) is 23.7 Å². The van der Waals surface area contributed by atoms with Crippen molar-refractivity contribution in [2.24, 2.45) is 0 Å². The monoisotopic (exact) mass is 409 g/mol. The molecule has 1 amide bonds. The Bertz CT molecular complexity index is 923. The van der Waals surface area contributed by atoms with Gasteiger partial charge in [-0.3, -0.25) is 9.59 Å². The van der Waals surface area contributed by atoms with Crippen LogP contribution in [-0.4, -0.2) is 34.3 Å². The summed E-state index contributed by atoms with van der Waals surface area (Å²) in [5.41, 5.74) is 0.555. The Labute approximate surface area is 176 Å². The number of amides is 1. The van der Waals surface area contributed by atoms with Crippen molar-refractivity contribution in [1.82, 2.24) is 4.90 Å². The van der Waals surface area contributed by atoms with Gasteiger partial charge in [0.05, 0.1) is 18.4 Å². The van der Waals surface area contributed by atoms with E-state index in [9.17, 15) is 14.7 Å². The Balaban J connectivity index is 1.74. The summed E-state index contributed by atoms with van der Waals surface area (Å²) in [6.07, 6.45) is 7.32. The van der Waals surface area contributed by atoms with E-state index in [2.05, 4.69) is 0 Å². The van der Waals surface area contributed by atoms with Gasteiger partial charge in [0.2, 0.25) is 0 Å². The van der Waals surface area contributed by atoms with Gasteiger partial charge in [-0.15, -0.1) is 0 Å². The Morgan fingerprint density at radius 3 is 2.50 bits per heavy atom. The van der Waals surface area contributed by atoms with Crippen LogP contribution in [0.5, 0.6) is 5.75 Å². The Kier molecular flexibility index (Phi) is 5.93. The molecule has 2 fully saturated rings. The van der Waals surface area contributed by atoms with Crippen LogP contribution < -0.4 is 4.74 Å². The number of aliphatic hydroxyl groups excluding tert-OH is 1. The summed E-state index contributed by atoms with van der Waals surface area (Å²) >= 11 is 0. The average molecular weight is 409 g/mol. The molecule has 1 aliphatic heterocycles. The van der Waals surface area contributed by atoms with Gasteiger partial charge in [-0.1, -0.05) is 26.2 Å². The van der Waals surface area contributed by atoms with Crippen LogP contribution >= 0.6 is 0 Å². The molecule has 1 saturated heterocycles. The predicted molar refractivity (Wildman–Crippen MR) is 112 cm³/mol. The number of nitrogens with zero attached hydrogens (tertiary/aromatic N) is 1. The molecule has 0 radical (unpaired) electrons. The molecule has 1 atom stereocenters. The number of ketones is 1. The van der Waals surface area contributed by atoms with E-state index in [-0.39, 0.29) is 17.4 Å². The number of Topliss-reactive ketones (excluding diaryl/α,β-unsaturated/α-hetero) is 1. The number of hydrogen-bond acceptors (Lipinski definition) is 5. The van der Waals surface area contributed by atoms with Gasteiger partial charge in [0.1, 0.15) is 23.3 Å². The topological polar surface area (TPSA) is 80.0 Å². The van der Waals surface area contributed by atoms with Crippen molar-refractivity contribution in [3.8, 4) is 5.75 Å². The number of benzene rings is 1. The van der Waals surface area contributed by atoms with Crippen molar-refractivity contribution in [2.45, 2.75) is 57.5 Å². The summed E-state index contributed by atoms with van der Waals surface area (Å²) in [7, 11) is 0. The van der Waals surface area contributed by atoms with Crippen LogP contribution in [0.25, 0.3) is 5.76 Å². The molecular weight excluding hydrogens is 382 g/mol. The Morgan fingerprint density at radius 1 is 1.13 bits per heavy atom. The normalized spacial score (nSPS) is 21.9. The van der Waals surface area contributed by atoms with Crippen LogP contribution in [0.15, 0.2) is 52.7 Å². The van der Waals surface area contributed by atoms with E-state index in [1.54, 1.807) is 41.3 Å². The van der Waals surface area contributed by atoms with Gasteiger partial charge < -0.3 is 19.2 Å². The van der Waals surface area contributed by atoms with Crippen LogP contribution in [0.4, 0.5) is 0 Å². The molecule has 0 spiro atoms. The molecule has 2 aliphatic rings. The maximum atomic E-state index is 13.0. The quantitative estimate of drug-likeness (QED) is 0.420. The van der Waals surface area contributed by atoms with Crippen LogP contribution in [0, 0.1) is 0 Å². The van der Waals surface area contributed by atoms with E-state index >= 15 is 0 Å². The molecule has 6 heteroatoms. The van der Waals surface area contributed by atoms with Gasteiger partial charge in [0, 0.05) is 11.6 Å². The lowest BCUT2D eigenvalue weighted by Gasteiger charge is -2.34. The summed E-state index contributed by atoms with van der Waals surface area (Å²) in [5.74, 6) is -0.225. The van der Waals surface area contributed by atoms with Gasteiger partial charge in [-0.2, -0.15) is 0 Å². The Morgan fingerprint density at radius 2 is 1.87 bits per heavy atom. The van der Waals surface area contributed by atoms with Gasteiger partial charge in [0.25, 0.3) is 11.7 Å². The number of ether oxygens (including phenoxy) is 1. The molecule has 2 aromatic rings. The third-order valence-corrected chi connectivity index (χ3v) is 5.86. The first-order valence-electron chi connectivity index (χ1n) is 10.7. The maximum Gasteiger partial charge on any atom is 0.296 e. The fourth-order valence-electron chi connectivity index (χ4n) is 4.40. The smallest absolute Gasteiger partial charge is 0.296 e. The molecule has 1 unspecified atom stereocenters. The van der Waals surface area contributed by atoms with Crippen molar-refractivity contribution in [2.75, 3.05) is 6.61 Å². The summed E-state index contributed by atoms with van der Waals surface area (Å²) in [5, 5.41) is 11.1. The Hall–Kier alpha value is -3.02. The first-order chi connectivity index (χ1) is 14.6. The lowest BCUT2D eigenvalue weighted by molar-refractivity contribution is -0.142. The maximum absolute atomic E-state index is 13.0. The molecule has 1 aromatic heterocycles. The molecule has 1 N–H and O–H groups in total. The van der Waals surface area contributed by atoms with Gasteiger partial charge in [-0.25, -0.2) is 0 Å². The van der Waals surface area contributed by atoms with Crippen molar-refractivity contribution in [3.05, 3.63) is 59.6 Å². The molecule has 158 valence electrons. The SMILES string of the molecule is CCCOc1ccc(/C(O)=C2/C(=O)C(=O)N(C3CCCCC3)C2c2ccco2)cc1. The number of carbonyl (C=O) groups excluding carboxylic acids is 2. The molecule has 1 aliphatic carbocycles. The lowest BCUT2D eigenvalue weighted by Crippen LogP contribution is -2.40. The third-order valence-electron chi connectivity index (χ3n) is 5.86. The number of furan rings is 1. The molecule has 30 heavy (non-hydrogen) atoms. The zero-order valence-corrected chi connectivity index (χ0v) is 17.2. The van der Waals surface area contributed by atoms with Crippen molar-refractivity contribution < 1.29 is 23.8 Å². The molecule has 4 rings (SSSR count). The highest BCUT2D eigenvalue weighted by atomic mass is 16.5. The van der Waals surface area contributed by atoms with E-state index in [0.717, 1.165) is 38.5 Å². The van der Waals surface area contributed by atoms with Crippen LogP contribution in [0.1, 0.15) is 62.8 Å². The molecule has 0 bridgehead atoms. The van der Waals surface area contributed by atoms with Crippen molar-refractivity contribution >= 4 is 17.4 Å². The highest BCUT2D eigenvalue weighted by Crippen LogP contribution is 2.43. The predicted octanol–water partition coefficient (Wildman–Crippen LogP) is 4.82. The average Bonchev–Trinajstić information content (AvgIpc) is 3.40. The van der Waals surface area contributed by atoms with Crippen LogP contribution in [0.2, 0.25) is 0 Å². The third kappa shape index (κ3) is 3.74. The summed E-state index contributed by atoms with van der Waals surface area (Å²) in [4.78, 5) is 27.6. The fourth-order valence-corrected chi connectivity index (χ4v) is 4.40. The minimum atomic E-state index is -0.709. The fraction of sp³-hybridized carbons (Fsp3) is 0.417. The molecule has 6 nitrogen and oxygen atoms in total. The number of aliphatic hydroxyl groups is 1. The van der Waals surface area contributed by atoms with Gasteiger partial charge in [-0.05, 0) is 55.7 Å². The highest BCUT2D eigenvalue weighted by Gasteiger charge is 2.50. The molecule has 1 saturated carbocycles. The van der Waals surface area contributed by atoms with E-state index in [1.165, 1.54) is 6.26 Å². The summed E-state index contributed by atoms with van der Waals surface area (Å²) < 4.78 is 11.2. The molecule has 1 aromatic carbocycles. The van der Waals surface area contributed by atoms with Gasteiger partial charge >= 0.3 is 0 Å². The first-order valence-corrected chi connectivity index (χ1v) is 10.7. The first kappa shape index (κ1) is 20.3. The van der Waals surface area contributed by atoms with E-state index in [4.69, 9.17) is 9.15 Å². The second kappa shape index (κ2) is 8.78. The zero-order valence-electron chi connectivity index (χ0n) is 17.2. The number of rotatable bonds is 6. The van der Waals surface area contributed by atoms with E-state index < -0.39 is 17.7 Å². The van der Waals surface area contributed by atoms with Crippen LogP contribution in [0.3, 0.4) is 0 Å². The van der Waals surface area contributed by atoms with Crippen molar-refractivity contribution in [3.63, 3.8) is 0 Å². The van der Waals surface area contributed by atoms with Crippen LogP contribution in [-0.2, 0) is 9.59 Å². The number of hydrogen-bond donors (Lipinski definition) is 1. The minimum Gasteiger partial charge on any atom is -0.507 e. The lowest BCUT2D eigenvalue weighted by atomic mass is 9.92.